The molecule has 34 heavy (non-hydrogen) atoms. The minimum absolute atomic E-state index is 0.227. The fourth-order valence-electron chi connectivity index (χ4n) is 4.13. The highest BCUT2D eigenvalue weighted by atomic mass is 19.1. The summed E-state index contributed by atoms with van der Waals surface area (Å²) in [6.07, 6.45) is 1.47. The van der Waals surface area contributed by atoms with Crippen molar-refractivity contribution in [1.29, 1.82) is 0 Å². The van der Waals surface area contributed by atoms with Crippen molar-refractivity contribution in [2.75, 3.05) is 56.7 Å². The molecule has 0 amide bonds. The van der Waals surface area contributed by atoms with Crippen molar-refractivity contribution in [1.82, 2.24) is 9.88 Å². The summed E-state index contributed by atoms with van der Waals surface area (Å²) in [6.45, 7) is 9.84. The number of aromatic nitrogens is 1. The zero-order chi connectivity index (χ0) is 24.2. The van der Waals surface area contributed by atoms with E-state index < -0.39 is 11.8 Å². The molecule has 1 fully saturated rings. The molecule has 1 N–H and O–H groups in total. The summed E-state index contributed by atoms with van der Waals surface area (Å²) in [6, 6.07) is 8.82. The first-order valence-corrected chi connectivity index (χ1v) is 11.6. The predicted molar refractivity (Wildman–Crippen MR) is 133 cm³/mol. The number of fused-ring (bicyclic) bond motifs is 1. The summed E-state index contributed by atoms with van der Waals surface area (Å²) >= 11 is 0. The molecule has 0 radical (unpaired) electrons. The van der Waals surface area contributed by atoms with Gasteiger partial charge < -0.3 is 24.6 Å². The van der Waals surface area contributed by atoms with Gasteiger partial charge in [-0.3, -0.25) is 4.98 Å². The van der Waals surface area contributed by atoms with E-state index in [1.54, 1.807) is 13.0 Å². The van der Waals surface area contributed by atoms with Gasteiger partial charge in [-0.15, -0.1) is 0 Å². The van der Waals surface area contributed by atoms with Crippen LogP contribution in [0, 0.1) is 12.7 Å². The minimum Gasteiger partial charge on any atom is -0.492 e. The molecule has 2 aromatic carbocycles. The zero-order valence-corrected chi connectivity index (χ0v) is 20.2. The summed E-state index contributed by atoms with van der Waals surface area (Å²) < 4.78 is 26.0. The highest BCUT2D eigenvalue weighted by Gasteiger charge is 2.23. The van der Waals surface area contributed by atoms with Crippen molar-refractivity contribution in [2.24, 2.45) is 0 Å². The second-order valence-corrected chi connectivity index (χ2v) is 8.44. The number of carbonyl (C=O) groups excluding carboxylic acids is 1. The maximum Gasteiger partial charge on any atom is 0.341 e. The number of pyridine rings is 1. The van der Waals surface area contributed by atoms with Gasteiger partial charge in [-0.1, -0.05) is 6.07 Å². The average Bonchev–Trinajstić information content (AvgIpc) is 2.81. The predicted octanol–water partition coefficient (Wildman–Crippen LogP) is 4.75. The van der Waals surface area contributed by atoms with Gasteiger partial charge in [-0.2, -0.15) is 0 Å². The van der Waals surface area contributed by atoms with Gasteiger partial charge in [0.05, 0.1) is 35.8 Å². The van der Waals surface area contributed by atoms with Gasteiger partial charge in [-0.05, 0) is 51.6 Å². The van der Waals surface area contributed by atoms with Gasteiger partial charge >= 0.3 is 5.97 Å². The molecule has 0 unspecified atom stereocenters. The Morgan fingerprint density at radius 1 is 1.12 bits per heavy atom. The molecule has 2 heterocycles. The smallest absolute Gasteiger partial charge is 0.341 e. The number of rotatable bonds is 7. The van der Waals surface area contributed by atoms with Gasteiger partial charge in [0.2, 0.25) is 0 Å². The van der Waals surface area contributed by atoms with E-state index in [9.17, 15) is 9.18 Å². The molecule has 8 heteroatoms. The molecule has 1 aliphatic rings. The second kappa shape index (κ2) is 10.3. The van der Waals surface area contributed by atoms with Crippen LogP contribution in [-0.4, -0.2) is 62.3 Å². The third-order valence-electron chi connectivity index (χ3n) is 5.97. The molecular weight excluding hydrogens is 435 g/mol. The van der Waals surface area contributed by atoms with Crippen molar-refractivity contribution in [3.05, 3.63) is 53.5 Å². The fourth-order valence-corrected chi connectivity index (χ4v) is 4.13. The average molecular weight is 467 g/mol. The van der Waals surface area contributed by atoms with Gasteiger partial charge in [0, 0.05) is 43.8 Å². The van der Waals surface area contributed by atoms with E-state index in [0.717, 1.165) is 43.2 Å². The number of nitrogens with zero attached hydrogens (tertiary/aromatic N) is 3. The second-order valence-electron chi connectivity index (χ2n) is 8.44. The minimum atomic E-state index is -0.512. The van der Waals surface area contributed by atoms with Crippen molar-refractivity contribution in [3.8, 4) is 5.75 Å². The highest BCUT2D eigenvalue weighted by Crippen LogP contribution is 2.39. The molecule has 1 saturated heterocycles. The Balaban J connectivity index is 1.89. The molecule has 1 aliphatic heterocycles. The van der Waals surface area contributed by atoms with E-state index in [-0.39, 0.29) is 17.9 Å². The molecule has 0 spiro atoms. The number of ether oxygens (including phenoxy) is 2. The van der Waals surface area contributed by atoms with Crippen LogP contribution >= 0.6 is 0 Å². The molecule has 7 nitrogen and oxygen atoms in total. The number of anilines is 3. The van der Waals surface area contributed by atoms with E-state index in [0.29, 0.717) is 23.2 Å². The molecule has 0 saturated carbocycles. The number of piperazine rings is 1. The number of likely N-dealkylation sites (N-methyl/N-ethyl adjacent to an activating group) is 1. The summed E-state index contributed by atoms with van der Waals surface area (Å²) in [4.78, 5) is 21.9. The summed E-state index contributed by atoms with van der Waals surface area (Å²) in [5.74, 6) is -0.171. The highest BCUT2D eigenvalue weighted by molar-refractivity contribution is 6.07. The number of hydrogen-bond donors (Lipinski definition) is 1. The van der Waals surface area contributed by atoms with Crippen molar-refractivity contribution in [3.63, 3.8) is 0 Å². The lowest BCUT2D eigenvalue weighted by Gasteiger charge is -2.35. The Morgan fingerprint density at radius 2 is 1.88 bits per heavy atom. The zero-order valence-electron chi connectivity index (χ0n) is 20.2. The number of nitrogens with one attached hydrogen (secondary N) is 1. The summed E-state index contributed by atoms with van der Waals surface area (Å²) in [5.41, 5.74) is 3.38. The Kier molecular flexibility index (Phi) is 7.17. The first-order chi connectivity index (χ1) is 16.4. The maximum absolute atomic E-state index is 14.8. The Morgan fingerprint density at radius 3 is 2.56 bits per heavy atom. The van der Waals surface area contributed by atoms with Crippen LogP contribution in [0.15, 0.2) is 36.5 Å². The third-order valence-corrected chi connectivity index (χ3v) is 5.97. The molecule has 4 rings (SSSR count). The monoisotopic (exact) mass is 466 g/mol. The summed E-state index contributed by atoms with van der Waals surface area (Å²) in [5, 5.41) is 3.85. The molecule has 0 atom stereocenters. The van der Waals surface area contributed by atoms with Crippen molar-refractivity contribution in [2.45, 2.75) is 20.8 Å². The van der Waals surface area contributed by atoms with Crippen LogP contribution in [0.25, 0.3) is 10.9 Å². The van der Waals surface area contributed by atoms with Crippen molar-refractivity contribution >= 4 is 33.9 Å². The van der Waals surface area contributed by atoms with Crippen LogP contribution in [-0.2, 0) is 4.74 Å². The largest absolute Gasteiger partial charge is 0.492 e. The first kappa shape index (κ1) is 23.8. The van der Waals surface area contributed by atoms with E-state index >= 15 is 0 Å². The van der Waals surface area contributed by atoms with Crippen molar-refractivity contribution < 1.29 is 18.7 Å². The topological polar surface area (TPSA) is 66.9 Å². The van der Waals surface area contributed by atoms with E-state index in [1.807, 2.05) is 32.0 Å². The van der Waals surface area contributed by atoms with E-state index in [2.05, 4.69) is 27.1 Å². The normalized spacial score (nSPS) is 14.3. The molecule has 180 valence electrons. The Hall–Kier alpha value is -3.39. The van der Waals surface area contributed by atoms with Crippen LogP contribution in [0.1, 0.15) is 29.8 Å². The fraction of sp³-hybridized carbons (Fsp3) is 0.385. The van der Waals surface area contributed by atoms with Crippen LogP contribution in [0.5, 0.6) is 5.75 Å². The van der Waals surface area contributed by atoms with Crippen LogP contribution in [0.2, 0.25) is 0 Å². The first-order valence-electron chi connectivity index (χ1n) is 11.6. The van der Waals surface area contributed by atoms with Crippen LogP contribution in [0.4, 0.5) is 21.5 Å². The standard InChI is InChI=1S/C26H31FN4O3/c1-5-33-24-15-22-18(14-23(24)31-11-9-30(4)10-12-31)25(19(16-28-22)26(32)34-6-2)29-21-8-7-17(3)13-20(21)27/h7-8,13-16H,5-6,9-12H2,1-4H3,(H,28,29). The van der Waals surface area contributed by atoms with Gasteiger partial charge in [-0.25, -0.2) is 9.18 Å². The number of esters is 1. The van der Waals surface area contributed by atoms with E-state index in [4.69, 9.17) is 9.47 Å². The number of carbonyl (C=O) groups is 1. The number of halogens is 1. The van der Waals surface area contributed by atoms with Gasteiger partial charge in [0.25, 0.3) is 0 Å². The van der Waals surface area contributed by atoms with Crippen LogP contribution in [0.3, 0.4) is 0 Å². The molecule has 1 aromatic heterocycles. The maximum atomic E-state index is 14.8. The number of hydrogen-bond acceptors (Lipinski definition) is 7. The summed E-state index contributed by atoms with van der Waals surface area (Å²) in [7, 11) is 2.11. The lowest BCUT2D eigenvalue weighted by Crippen LogP contribution is -2.44. The Bertz CT molecular complexity index is 1190. The molecular formula is C26H31FN4O3. The lowest BCUT2D eigenvalue weighted by molar-refractivity contribution is 0.0527. The Labute approximate surface area is 199 Å². The molecule has 3 aromatic rings. The lowest BCUT2D eigenvalue weighted by atomic mass is 10.1. The van der Waals surface area contributed by atoms with Crippen LogP contribution < -0.4 is 15.0 Å². The third kappa shape index (κ3) is 4.92. The SMILES string of the molecule is CCOC(=O)c1cnc2cc(OCC)c(N3CCN(C)CC3)cc2c1Nc1ccc(C)cc1F. The van der Waals surface area contributed by atoms with Gasteiger partial charge in [0.15, 0.2) is 0 Å². The number of aryl methyl sites for hydroxylation is 1. The molecule has 0 bridgehead atoms. The quantitative estimate of drug-likeness (QED) is 0.504. The van der Waals surface area contributed by atoms with E-state index in [1.165, 1.54) is 12.3 Å². The van der Waals surface area contributed by atoms with Gasteiger partial charge in [0.1, 0.15) is 17.1 Å². The number of benzene rings is 2. The molecule has 0 aliphatic carbocycles.